The van der Waals surface area contributed by atoms with E-state index in [2.05, 4.69) is 0 Å². The molecule has 7 heteroatoms. The number of hydrogen-bond donors (Lipinski definition) is 3. The number of aliphatic hydroxyl groups is 2. The number of Topliss-reactive ketones (excluding diaryl/α,β-unsaturated/α-hetero) is 1. The highest BCUT2D eigenvalue weighted by molar-refractivity contribution is 6.12. The lowest BCUT2D eigenvalue weighted by Crippen LogP contribution is -2.32. The van der Waals surface area contributed by atoms with Gasteiger partial charge in [-0.15, -0.1) is 0 Å². The lowest BCUT2D eigenvalue weighted by Gasteiger charge is -2.33. The van der Waals surface area contributed by atoms with E-state index < -0.39 is 22.9 Å². The quantitative estimate of drug-likeness (QED) is 0.296. The van der Waals surface area contributed by atoms with E-state index in [-0.39, 0.29) is 40.4 Å². The fourth-order valence-corrected chi connectivity index (χ4v) is 3.98. The summed E-state index contributed by atoms with van der Waals surface area (Å²) in [6.45, 7) is 8.79. The van der Waals surface area contributed by atoms with Crippen LogP contribution in [0.4, 0.5) is 0 Å². The van der Waals surface area contributed by atoms with Crippen molar-refractivity contribution in [3.63, 3.8) is 0 Å². The third-order valence-electron chi connectivity index (χ3n) is 5.67. The van der Waals surface area contributed by atoms with Crippen molar-refractivity contribution >= 4 is 22.8 Å². The Kier molecular flexibility index (Phi) is 6.86. The van der Waals surface area contributed by atoms with E-state index in [9.17, 15) is 24.9 Å². The maximum Gasteiger partial charge on any atom is 0.336 e. The maximum absolute atomic E-state index is 12.9. The summed E-state index contributed by atoms with van der Waals surface area (Å²) in [5.74, 6) is -0.431. The molecule has 0 aliphatic carbocycles. The molecule has 1 aliphatic heterocycles. The van der Waals surface area contributed by atoms with Crippen LogP contribution in [-0.4, -0.2) is 32.3 Å². The Morgan fingerprint density at radius 1 is 1.30 bits per heavy atom. The van der Waals surface area contributed by atoms with Crippen LogP contribution >= 0.6 is 0 Å². The Hall–Kier alpha value is -2.90. The lowest BCUT2D eigenvalue weighted by atomic mass is 9.89. The smallest absolute Gasteiger partial charge is 0.336 e. The molecule has 1 aliphatic rings. The van der Waals surface area contributed by atoms with Gasteiger partial charge in [0.15, 0.2) is 11.4 Å². The molecule has 2 unspecified atom stereocenters. The van der Waals surface area contributed by atoms with E-state index in [1.165, 1.54) is 6.07 Å². The number of ether oxygens (including phenoxy) is 1. The molecule has 0 amide bonds. The number of aliphatic hydroxyl groups excluding tert-OH is 1. The number of carbonyl (C=O) groups excluding carboxylic acids is 1. The largest absolute Gasteiger partial charge is 0.506 e. The van der Waals surface area contributed by atoms with Crippen LogP contribution in [0.5, 0.6) is 11.5 Å². The van der Waals surface area contributed by atoms with Gasteiger partial charge in [-0.05, 0) is 45.8 Å². The zero-order chi connectivity index (χ0) is 24.6. The number of ketones is 1. The van der Waals surface area contributed by atoms with Gasteiger partial charge < -0.3 is 24.5 Å². The highest BCUT2D eigenvalue weighted by Gasteiger charge is 2.34. The fraction of sp³-hybridized carbons (Fsp3) is 0.462. The number of fused-ring (bicyclic) bond motifs is 3. The average Bonchev–Trinajstić information content (AvgIpc) is 2.71. The van der Waals surface area contributed by atoms with Crippen molar-refractivity contribution < 1.29 is 29.3 Å². The molecular formula is C26H32O7. The number of rotatable bonds is 8. The summed E-state index contributed by atoms with van der Waals surface area (Å²) in [7, 11) is 0. The van der Waals surface area contributed by atoms with Crippen LogP contribution in [0.3, 0.4) is 0 Å². The summed E-state index contributed by atoms with van der Waals surface area (Å²) in [6.07, 6.45) is 7.39. The second-order valence-corrected chi connectivity index (χ2v) is 9.30. The minimum absolute atomic E-state index is 0.0772. The van der Waals surface area contributed by atoms with Crippen LogP contribution < -0.4 is 10.4 Å². The first-order valence-electron chi connectivity index (χ1n) is 11.3. The molecule has 0 fully saturated rings. The standard InChI is InChI=1S/C26H32O7/c1-6-9-18(28)21-22(30)15-10-13-26(5,12-8-11-25(3,4)31)33-23(15)20-16(17(27)7-2)14-19(29)32-24(20)21/h8,10-11,13-14,17,27,30-31H,6-7,9,12H2,1-5H3/b11-8+. The first-order chi connectivity index (χ1) is 15.4. The van der Waals surface area contributed by atoms with Crippen LogP contribution in [0.1, 0.15) is 87.9 Å². The van der Waals surface area contributed by atoms with E-state index >= 15 is 0 Å². The highest BCUT2D eigenvalue weighted by atomic mass is 16.5. The molecule has 0 saturated carbocycles. The Labute approximate surface area is 193 Å². The van der Waals surface area contributed by atoms with Gasteiger partial charge in [-0.25, -0.2) is 4.79 Å². The van der Waals surface area contributed by atoms with Crippen LogP contribution in [0.25, 0.3) is 17.0 Å². The van der Waals surface area contributed by atoms with Crippen LogP contribution in [0.2, 0.25) is 0 Å². The molecule has 1 aromatic carbocycles. The zero-order valence-electron chi connectivity index (χ0n) is 19.8. The van der Waals surface area contributed by atoms with Crippen LogP contribution in [0, 0.1) is 0 Å². The predicted molar refractivity (Wildman–Crippen MR) is 127 cm³/mol. The molecule has 2 heterocycles. The second-order valence-electron chi connectivity index (χ2n) is 9.30. The monoisotopic (exact) mass is 456 g/mol. The predicted octanol–water partition coefficient (Wildman–Crippen LogP) is 4.81. The molecule has 0 saturated heterocycles. The van der Waals surface area contributed by atoms with Gasteiger partial charge in [-0.1, -0.05) is 26.0 Å². The second kappa shape index (κ2) is 9.15. The first-order valence-corrected chi connectivity index (χ1v) is 11.3. The summed E-state index contributed by atoms with van der Waals surface area (Å²) in [6, 6.07) is 1.20. The topological polar surface area (TPSA) is 117 Å². The van der Waals surface area contributed by atoms with Crippen LogP contribution in [0.15, 0.2) is 33.5 Å². The maximum atomic E-state index is 12.9. The average molecular weight is 457 g/mol. The molecule has 1 aromatic heterocycles. The molecule has 2 atom stereocenters. The SMILES string of the molecule is CCCC(=O)c1c(O)c2c(c3c(C(O)CC)cc(=O)oc13)OC(C)(C/C=C/C(C)(C)O)C=C2. The van der Waals surface area contributed by atoms with Crippen molar-refractivity contribution in [3.8, 4) is 11.5 Å². The molecule has 7 nitrogen and oxygen atoms in total. The highest BCUT2D eigenvalue weighted by Crippen LogP contribution is 2.48. The van der Waals surface area contributed by atoms with Gasteiger partial charge in [0, 0.05) is 24.5 Å². The summed E-state index contributed by atoms with van der Waals surface area (Å²) in [4.78, 5) is 25.2. The van der Waals surface area contributed by atoms with Gasteiger partial charge in [-0.3, -0.25) is 4.79 Å². The first kappa shape index (κ1) is 24.7. The molecule has 33 heavy (non-hydrogen) atoms. The molecule has 3 rings (SSSR count). The summed E-state index contributed by atoms with van der Waals surface area (Å²) < 4.78 is 11.8. The third-order valence-corrected chi connectivity index (χ3v) is 5.67. The Balaban J connectivity index is 2.30. The van der Waals surface area contributed by atoms with Gasteiger partial charge in [0.05, 0.1) is 22.7 Å². The van der Waals surface area contributed by atoms with Gasteiger partial charge in [0.2, 0.25) is 0 Å². The van der Waals surface area contributed by atoms with E-state index in [4.69, 9.17) is 9.15 Å². The number of benzene rings is 1. The third kappa shape index (κ3) is 5.04. The van der Waals surface area contributed by atoms with Gasteiger partial charge in [0.25, 0.3) is 0 Å². The van der Waals surface area contributed by atoms with Crippen molar-refractivity contribution in [1.82, 2.24) is 0 Å². The van der Waals surface area contributed by atoms with E-state index in [1.54, 1.807) is 45.1 Å². The molecule has 178 valence electrons. The minimum Gasteiger partial charge on any atom is -0.506 e. The Morgan fingerprint density at radius 3 is 2.61 bits per heavy atom. The van der Waals surface area contributed by atoms with Crippen molar-refractivity contribution in [2.75, 3.05) is 0 Å². The number of phenols is 1. The number of carbonyl (C=O) groups is 1. The molecule has 2 aromatic rings. The van der Waals surface area contributed by atoms with Gasteiger partial charge >= 0.3 is 5.63 Å². The molecule has 0 bridgehead atoms. The van der Waals surface area contributed by atoms with E-state index in [1.807, 2.05) is 13.8 Å². The van der Waals surface area contributed by atoms with E-state index in [0.717, 1.165) is 0 Å². The Bertz CT molecular complexity index is 1180. The van der Waals surface area contributed by atoms with Crippen molar-refractivity contribution in [2.45, 2.75) is 77.6 Å². The van der Waals surface area contributed by atoms with Crippen molar-refractivity contribution in [1.29, 1.82) is 0 Å². The summed E-state index contributed by atoms with van der Waals surface area (Å²) >= 11 is 0. The molecule has 3 N–H and O–H groups in total. The van der Waals surface area contributed by atoms with Gasteiger partial charge in [0.1, 0.15) is 22.7 Å². The number of hydrogen-bond acceptors (Lipinski definition) is 7. The zero-order valence-corrected chi connectivity index (χ0v) is 19.8. The minimum atomic E-state index is -0.991. The number of phenolic OH excluding ortho intramolecular Hbond substituents is 1. The van der Waals surface area contributed by atoms with Crippen molar-refractivity contribution in [3.05, 3.63) is 51.4 Å². The fourth-order valence-electron chi connectivity index (χ4n) is 3.98. The Morgan fingerprint density at radius 2 is 2.00 bits per heavy atom. The summed E-state index contributed by atoms with van der Waals surface area (Å²) in [5, 5.41) is 32.0. The summed E-state index contributed by atoms with van der Waals surface area (Å²) in [5.41, 5.74) is -2.12. The molecular weight excluding hydrogens is 424 g/mol. The van der Waals surface area contributed by atoms with Crippen molar-refractivity contribution in [2.24, 2.45) is 0 Å². The molecule has 0 radical (unpaired) electrons. The number of aromatic hydroxyl groups is 1. The lowest BCUT2D eigenvalue weighted by molar-refractivity contribution is 0.0979. The molecule has 0 spiro atoms. The van der Waals surface area contributed by atoms with Crippen LogP contribution in [-0.2, 0) is 0 Å². The van der Waals surface area contributed by atoms with Gasteiger partial charge in [-0.2, -0.15) is 0 Å². The normalized spacial score (nSPS) is 19.0. The van der Waals surface area contributed by atoms with E-state index in [0.29, 0.717) is 30.2 Å².